The minimum absolute atomic E-state index is 0.330. The average molecular weight is 244 g/mol. The normalized spacial score (nSPS) is 27.9. The molecule has 1 aliphatic heterocycles. The van der Waals surface area contributed by atoms with Crippen LogP contribution in [-0.2, 0) is 4.74 Å². The first-order valence-electron chi connectivity index (χ1n) is 6.21. The van der Waals surface area contributed by atoms with Gasteiger partial charge in [0.2, 0.25) is 0 Å². The maximum Gasteiger partial charge on any atom is 0.409 e. The zero-order chi connectivity index (χ0) is 12.7. The van der Waals surface area contributed by atoms with E-state index in [1.807, 2.05) is 25.7 Å². The van der Waals surface area contributed by atoms with Crippen molar-refractivity contribution in [2.24, 2.45) is 0 Å². The van der Waals surface area contributed by atoms with Crippen LogP contribution in [0, 0.1) is 0 Å². The summed E-state index contributed by atoms with van der Waals surface area (Å²) in [4.78, 5) is 13.7. The molecule has 0 aromatic rings. The number of amides is 1. The van der Waals surface area contributed by atoms with Gasteiger partial charge in [0.1, 0.15) is 11.8 Å². The van der Waals surface area contributed by atoms with E-state index in [2.05, 4.69) is 5.32 Å². The van der Waals surface area contributed by atoms with Gasteiger partial charge in [-0.15, -0.1) is 0 Å². The van der Waals surface area contributed by atoms with Crippen molar-refractivity contribution in [3.8, 4) is 0 Å². The second-order valence-electron chi connectivity index (χ2n) is 5.99. The van der Waals surface area contributed by atoms with Gasteiger partial charge in [-0.2, -0.15) is 0 Å². The molecule has 98 valence electrons. The molecule has 2 rings (SSSR count). The van der Waals surface area contributed by atoms with Crippen LogP contribution in [0.3, 0.4) is 0 Å². The molecule has 1 atom stereocenters. The van der Waals surface area contributed by atoms with E-state index in [9.17, 15) is 9.18 Å². The van der Waals surface area contributed by atoms with Crippen molar-refractivity contribution < 1.29 is 13.9 Å². The van der Waals surface area contributed by atoms with Crippen molar-refractivity contribution >= 4 is 6.09 Å². The number of hydrogen-bond donors (Lipinski definition) is 1. The highest BCUT2D eigenvalue weighted by molar-refractivity contribution is 5.69. The van der Waals surface area contributed by atoms with Crippen molar-refractivity contribution in [3.63, 3.8) is 0 Å². The molecule has 1 heterocycles. The third-order valence-corrected chi connectivity index (χ3v) is 3.19. The Hall–Kier alpha value is -0.840. The van der Waals surface area contributed by atoms with Gasteiger partial charge in [0.05, 0.1) is 5.66 Å². The Morgan fingerprint density at radius 3 is 2.53 bits per heavy atom. The van der Waals surface area contributed by atoms with Gasteiger partial charge in [-0.1, -0.05) is 0 Å². The van der Waals surface area contributed by atoms with E-state index < -0.39 is 17.9 Å². The van der Waals surface area contributed by atoms with Gasteiger partial charge < -0.3 is 10.1 Å². The number of likely N-dealkylation sites (tertiary alicyclic amines) is 1. The van der Waals surface area contributed by atoms with Crippen molar-refractivity contribution in [1.82, 2.24) is 10.2 Å². The molecule has 1 aliphatic carbocycles. The topological polar surface area (TPSA) is 41.6 Å². The van der Waals surface area contributed by atoms with Gasteiger partial charge in [0.25, 0.3) is 0 Å². The molecule has 2 fully saturated rings. The van der Waals surface area contributed by atoms with Crippen molar-refractivity contribution in [1.29, 1.82) is 0 Å². The first-order chi connectivity index (χ1) is 7.81. The smallest absolute Gasteiger partial charge is 0.409 e. The standard InChI is InChI=1S/C12H21FN2O2/c1-11(2,3)17-10(16)14-12(5-6-12)15-7-4-9(13)8-15/h9H,4-8H2,1-3H3,(H,14,16)/t9-/m0/s1. The van der Waals surface area contributed by atoms with Crippen molar-refractivity contribution in [2.45, 2.75) is 57.5 Å². The summed E-state index contributed by atoms with van der Waals surface area (Å²) in [6.07, 6.45) is 1.18. The monoisotopic (exact) mass is 244 g/mol. The molecule has 0 radical (unpaired) electrons. The summed E-state index contributed by atoms with van der Waals surface area (Å²) in [5.74, 6) is 0. The number of alkyl carbamates (subject to hydrolysis) is 1. The third-order valence-electron chi connectivity index (χ3n) is 3.19. The molecular formula is C12H21FN2O2. The molecule has 1 saturated carbocycles. The van der Waals surface area contributed by atoms with Crippen LogP contribution in [0.25, 0.3) is 0 Å². The van der Waals surface area contributed by atoms with E-state index in [1.54, 1.807) is 0 Å². The Morgan fingerprint density at radius 1 is 1.47 bits per heavy atom. The van der Waals surface area contributed by atoms with Gasteiger partial charge in [-0.05, 0) is 40.0 Å². The number of nitrogens with one attached hydrogen (secondary N) is 1. The zero-order valence-electron chi connectivity index (χ0n) is 10.8. The lowest BCUT2D eigenvalue weighted by Gasteiger charge is -2.29. The highest BCUT2D eigenvalue weighted by atomic mass is 19.1. The third kappa shape index (κ3) is 3.09. The predicted molar refractivity (Wildman–Crippen MR) is 62.4 cm³/mol. The fourth-order valence-electron chi connectivity index (χ4n) is 2.24. The van der Waals surface area contributed by atoms with E-state index in [-0.39, 0.29) is 5.66 Å². The molecule has 4 nitrogen and oxygen atoms in total. The quantitative estimate of drug-likeness (QED) is 0.808. The largest absolute Gasteiger partial charge is 0.444 e. The molecule has 0 aromatic carbocycles. The molecule has 17 heavy (non-hydrogen) atoms. The highest BCUT2D eigenvalue weighted by Crippen LogP contribution is 2.41. The number of hydrogen-bond acceptors (Lipinski definition) is 3. The number of ether oxygens (including phenoxy) is 1. The van der Waals surface area contributed by atoms with Crippen LogP contribution in [0.5, 0.6) is 0 Å². The van der Waals surface area contributed by atoms with Gasteiger partial charge in [0, 0.05) is 13.1 Å². The second kappa shape index (κ2) is 4.12. The molecule has 1 amide bonds. The molecule has 2 aliphatic rings. The number of rotatable bonds is 2. The van der Waals surface area contributed by atoms with Crippen LogP contribution in [-0.4, -0.2) is 41.5 Å². The predicted octanol–water partition coefficient (Wildman–Crippen LogP) is 2.04. The summed E-state index contributed by atoms with van der Waals surface area (Å²) in [5, 5.41) is 2.88. The average Bonchev–Trinajstić information content (AvgIpc) is 2.77. The lowest BCUT2D eigenvalue weighted by molar-refractivity contribution is 0.0402. The van der Waals surface area contributed by atoms with Crippen LogP contribution < -0.4 is 5.32 Å². The number of carbonyl (C=O) groups is 1. The molecule has 1 saturated heterocycles. The maximum absolute atomic E-state index is 13.2. The SMILES string of the molecule is CC(C)(C)OC(=O)NC1(N2CC[C@H](F)C2)CC1. The van der Waals surface area contributed by atoms with Crippen LogP contribution in [0.2, 0.25) is 0 Å². The molecule has 0 spiro atoms. The second-order valence-corrected chi connectivity index (χ2v) is 5.99. The molecule has 5 heteroatoms. The van der Waals surface area contributed by atoms with Crippen LogP contribution in [0.15, 0.2) is 0 Å². The Bertz CT molecular complexity index is 310. The van der Waals surface area contributed by atoms with Gasteiger partial charge in [0.15, 0.2) is 0 Å². The molecule has 0 bridgehead atoms. The van der Waals surface area contributed by atoms with Crippen molar-refractivity contribution in [3.05, 3.63) is 0 Å². The molecular weight excluding hydrogens is 223 g/mol. The fraction of sp³-hybridized carbons (Fsp3) is 0.917. The zero-order valence-corrected chi connectivity index (χ0v) is 10.8. The summed E-state index contributed by atoms with van der Waals surface area (Å²) in [5.41, 5.74) is -0.822. The van der Waals surface area contributed by atoms with E-state index in [0.29, 0.717) is 13.0 Å². The Balaban J connectivity index is 1.88. The number of carbonyl (C=O) groups excluding carboxylic acids is 1. The van der Waals surface area contributed by atoms with Gasteiger partial charge in [-0.3, -0.25) is 4.90 Å². The Labute approximate surface area is 101 Å². The van der Waals surface area contributed by atoms with Crippen LogP contribution >= 0.6 is 0 Å². The molecule has 0 aromatic heterocycles. The summed E-state index contributed by atoms with van der Waals surface area (Å²) in [7, 11) is 0. The lowest BCUT2D eigenvalue weighted by atomic mass is 10.2. The molecule has 0 unspecified atom stereocenters. The van der Waals surface area contributed by atoms with Crippen molar-refractivity contribution in [2.75, 3.05) is 13.1 Å². The van der Waals surface area contributed by atoms with E-state index in [0.717, 1.165) is 19.4 Å². The van der Waals surface area contributed by atoms with Crippen LogP contribution in [0.4, 0.5) is 9.18 Å². The van der Waals surface area contributed by atoms with E-state index >= 15 is 0 Å². The summed E-state index contributed by atoms with van der Waals surface area (Å²) in [6, 6.07) is 0. The van der Waals surface area contributed by atoms with E-state index in [4.69, 9.17) is 4.74 Å². The van der Waals surface area contributed by atoms with Gasteiger partial charge in [-0.25, -0.2) is 9.18 Å². The number of halogens is 1. The molecule has 1 N–H and O–H groups in total. The summed E-state index contributed by atoms with van der Waals surface area (Å²) in [6.45, 7) is 6.64. The highest BCUT2D eigenvalue weighted by Gasteiger charge is 2.51. The lowest BCUT2D eigenvalue weighted by Crippen LogP contribution is -2.51. The first-order valence-corrected chi connectivity index (χ1v) is 6.21. The number of alkyl halides is 1. The summed E-state index contributed by atoms with van der Waals surface area (Å²) < 4.78 is 18.4. The fourth-order valence-corrected chi connectivity index (χ4v) is 2.24. The minimum atomic E-state index is -0.757. The number of nitrogens with zero attached hydrogens (tertiary/aromatic N) is 1. The van der Waals surface area contributed by atoms with Crippen LogP contribution in [0.1, 0.15) is 40.0 Å². The maximum atomic E-state index is 13.2. The summed E-state index contributed by atoms with van der Waals surface area (Å²) >= 11 is 0. The minimum Gasteiger partial charge on any atom is -0.444 e. The van der Waals surface area contributed by atoms with Gasteiger partial charge >= 0.3 is 6.09 Å². The van der Waals surface area contributed by atoms with E-state index in [1.165, 1.54) is 0 Å². The Morgan fingerprint density at radius 2 is 2.12 bits per heavy atom. The Kier molecular flexibility index (Phi) is 3.06. The first kappa shape index (κ1) is 12.6.